The Balaban J connectivity index is 2.06. The van der Waals surface area contributed by atoms with Gasteiger partial charge in [0.15, 0.2) is 0 Å². The highest BCUT2D eigenvalue weighted by molar-refractivity contribution is 5.97. The molecule has 0 saturated heterocycles. The number of carbonyl (C=O) groups is 3. The van der Waals surface area contributed by atoms with Crippen LogP contribution in [0.3, 0.4) is 0 Å². The van der Waals surface area contributed by atoms with Crippen LogP contribution in [0.15, 0.2) is 48.5 Å². The summed E-state index contributed by atoms with van der Waals surface area (Å²) < 4.78 is 0. The predicted octanol–water partition coefficient (Wildman–Crippen LogP) is 2.36. The molecule has 0 spiro atoms. The largest absolute Gasteiger partial charge is 0.465 e. The number of amides is 3. The van der Waals surface area contributed by atoms with Crippen LogP contribution in [0.5, 0.6) is 0 Å². The second-order valence-electron chi connectivity index (χ2n) is 8.58. The molecule has 0 bridgehead atoms. The van der Waals surface area contributed by atoms with Crippen LogP contribution in [0.4, 0.5) is 10.5 Å². The van der Waals surface area contributed by atoms with Crippen LogP contribution in [-0.2, 0) is 4.79 Å². The fraction of sp³-hybridized carbons (Fsp3) is 0.269. The third kappa shape index (κ3) is 7.61. The Bertz CT molecular complexity index is 1190. The highest BCUT2D eigenvalue weighted by Gasteiger charge is 2.27. The van der Waals surface area contributed by atoms with Crippen LogP contribution in [0.25, 0.3) is 0 Å². The summed E-state index contributed by atoms with van der Waals surface area (Å²) in [6.07, 6.45) is -2.25. The molecule has 0 aliphatic carbocycles. The molecule has 0 heterocycles. The van der Waals surface area contributed by atoms with Gasteiger partial charge in [0.05, 0.1) is 6.10 Å². The third-order valence-electron chi connectivity index (χ3n) is 4.77. The van der Waals surface area contributed by atoms with Crippen LogP contribution in [-0.4, -0.2) is 51.0 Å². The van der Waals surface area contributed by atoms with E-state index in [9.17, 15) is 24.6 Å². The van der Waals surface area contributed by atoms with E-state index in [0.717, 1.165) is 0 Å². The van der Waals surface area contributed by atoms with Crippen LogP contribution in [0, 0.1) is 23.7 Å². The van der Waals surface area contributed by atoms with Gasteiger partial charge in [-0.1, -0.05) is 11.8 Å². The number of nitrogens with zero attached hydrogens (tertiary/aromatic N) is 1. The minimum atomic E-state index is -1.31. The van der Waals surface area contributed by atoms with Crippen LogP contribution < -0.4 is 15.7 Å². The number of hydrogen-bond acceptors (Lipinski definition) is 5. The van der Waals surface area contributed by atoms with Crippen molar-refractivity contribution in [2.24, 2.45) is 0 Å². The van der Waals surface area contributed by atoms with Crippen molar-refractivity contribution in [1.29, 1.82) is 0 Å². The third-order valence-corrected chi connectivity index (χ3v) is 4.77. The maximum Gasteiger partial charge on any atom is 0.412 e. The number of hydroxylamine groups is 1. The van der Waals surface area contributed by atoms with Gasteiger partial charge in [-0.25, -0.2) is 10.3 Å². The van der Waals surface area contributed by atoms with E-state index >= 15 is 0 Å². The van der Waals surface area contributed by atoms with Gasteiger partial charge in [-0.2, -0.15) is 0 Å². The number of carboxylic acid groups (broad SMARTS) is 1. The molecule has 0 fully saturated rings. The van der Waals surface area contributed by atoms with Crippen molar-refractivity contribution >= 4 is 23.6 Å². The molecule has 0 unspecified atom stereocenters. The first-order valence-electron chi connectivity index (χ1n) is 10.6. The van der Waals surface area contributed by atoms with Gasteiger partial charge in [-0.15, -0.1) is 0 Å². The maximum atomic E-state index is 12.3. The molecule has 9 heteroatoms. The van der Waals surface area contributed by atoms with E-state index in [1.54, 1.807) is 36.4 Å². The van der Waals surface area contributed by atoms with Gasteiger partial charge in [0.2, 0.25) is 0 Å². The van der Waals surface area contributed by atoms with Crippen molar-refractivity contribution in [3.05, 3.63) is 65.2 Å². The molecular weight excluding hydrogens is 450 g/mol. The van der Waals surface area contributed by atoms with Gasteiger partial charge in [0.25, 0.3) is 11.8 Å². The topological polar surface area (TPSA) is 139 Å². The Kier molecular flexibility index (Phi) is 9.01. The van der Waals surface area contributed by atoms with Crippen LogP contribution >= 0.6 is 0 Å². The molecular formula is C26H27N3O6. The summed E-state index contributed by atoms with van der Waals surface area (Å²) in [6, 6.07) is 11.7. The molecule has 182 valence electrons. The van der Waals surface area contributed by atoms with Gasteiger partial charge >= 0.3 is 6.09 Å². The smallest absolute Gasteiger partial charge is 0.412 e. The lowest BCUT2D eigenvalue weighted by Crippen LogP contribution is -2.51. The fourth-order valence-corrected chi connectivity index (χ4v) is 3.09. The van der Waals surface area contributed by atoms with E-state index in [1.165, 1.54) is 29.4 Å². The van der Waals surface area contributed by atoms with Crippen molar-refractivity contribution < 1.29 is 29.8 Å². The summed E-state index contributed by atoms with van der Waals surface area (Å²) >= 11 is 0. The normalized spacial score (nSPS) is 12.1. The number of carbonyl (C=O) groups excluding carboxylic acids is 2. The van der Waals surface area contributed by atoms with Gasteiger partial charge in [0.1, 0.15) is 6.04 Å². The molecule has 35 heavy (non-hydrogen) atoms. The van der Waals surface area contributed by atoms with Crippen molar-refractivity contribution in [3.63, 3.8) is 0 Å². The number of nitrogens with one attached hydrogen (secondary N) is 2. The summed E-state index contributed by atoms with van der Waals surface area (Å²) in [5.74, 6) is 9.66. The highest BCUT2D eigenvalue weighted by atomic mass is 16.5. The number of aliphatic hydroxyl groups is 1. The molecule has 0 aromatic heterocycles. The molecule has 0 radical (unpaired) electrons. The average Bonchev–Trinajstić information content (AvgIpc) is 2.79. The number of anilines is 1. The zero-order chi connectivity index (χ0) is 26.2. The molecule has 2 rings (SSSR count). The minimum absolute atomic E-state index is 0.240. The molecule has 0 aliphatic rings. The zero-order valence-electron chi connectivity index (χ0n) is 19.8. The number of hydrogen-bond donors (Lipinski definition) is 5. The van der Waals surface area contributed by atoms with Crippen LogP contribution in [0.2, 0.25) is 0 Å². The first kappa shape index (κ1) is 26.9. The summed E-state index contributed by atoms with van der Waals surface area (Å²) in [5.41, 5.74) is 2.87. The monoisotopic (exact) mass is 477 g/mol. The van der Waals surface area contributed by atoms with Gasteiger partial charge < -0.3 is 15.5 Å². The summed E-state index contributed by atoms with van der Waals surface area (Å²) in [7, 11) is 0. The Morgan fingerprint density at radius 3 is 1.80 bits per heavy atom. The fourth-order valence-electron chi connectivity index (χ4n) is 3.09. The molecule has 5 N–H and O–H groups in total. The van der Waals surface area contributed by atoms with Gasteiger partial charge in [0, 0.05) is 27.9 Å². The molecule has 3 amide bonds. The summed E-state index contributed by atoms with van der Waals surface area (Å²) in [5, 5.41) is 30.1. The van der Waals surface area contributed by atoms with E-state index < -0.39 is 35.6 Å². The lowest BCUT2D eigenvalue weighted by molar-refractivity contribution is -0.133. The quantitative estimate of drug-likeness (QED) is 0.255. The second-order valence-corrected chi connectivity index (χ2v) is 8.58. The van der Waals surface area contributed by atoms with E-state index in [4.69, 9.17) is 5.21 Å². The average molecular weight is 478 g/mol. The summed E-state index contributed by atoms with van der Waals surface area (Å²) in [4.78, 5) is 36.7. The number of benzene rings is 2. The van der Waals surface area contributed by atoms with Crippen molar-refractivity contribution in [3.8, 4) is 23.7 Å². The molecule has 2 atom stereocenters. The highest BCUT2D eigenvalue weighted by Crippen LogP contribution is 2.24. The zero-order valence-corrected chi connectivity index (χ0v) is 19.8. The molecule has 2 aromatic rings. The Hall–Kier alpha value is -4.31. The molecule has 0 saturated carbocycles. The van der Waals surface area contributed by atoms with Crippen LogP contribution in [0.1, 0.15) is 49.2 Å². The molecule has 2 aromatic carbocycles. The number of aliphatic hydroxyl groups excluding tert-OH is 1. The van der Waals surface area contributed by atoms with Crippen molar-refractivity contribution in [2.45, 2.75) is 45.4 Å². The second kappa shape index (κ2) is 11.7. The van der Waals surface area contributed by atoms with Crippen molar-refractivity contribution in [2.75, 3.05) is 4.90 Å². The maximum absolute atomic E-state index is 12.3. The summed E-state index contributed by atoms with van der Waals surface area (Å²) in [6.45, 7) is 6.74. The van der Waals surface area contributed by atoms with E-state index in [2.05, 4.69) is 29.0 Å². The van der Waals surface area contributed by atoms with E-state index in [1.807, 2.05) is 20.8 Å². The lowest BCUT2D eigenvalue weighted by atomic mass is 10.0. The first-order valence-corrected chi connectivity index (χ1v) is 10.6. The van der Waals surface area contributed by atoms with Gasteiger partial charge in [-0.3, -0.25) is 19.7 Å². The minimum Gasteiger partial charge on any atom is -0.465 e. The Morgan fingerprint density at radius 2 is 1.40 bits per heavy atom. The molecule has 9 nitrogen and oxygen atoms in total. The lowest BCUT2D eigenvalue weighted by Gasteiger charge is -2.33. The standard InChI is InChI=1S/C26H27N3O6/c1-17(30)22(24(32)28-35)27-23(31)20-13-9-18(10-14-20)7-5-6-8-19-11-15-21(16-12-19)29(25(33)34)26(2,3)4/h9-17,22,30,35H,1-4H3,(H,27,31)(H,28,32)(H,33,34)/t17-,22+/m1/s1. The van der Waals surface area contributed by atoms with Gasteiger partial charge in [-0.05, 0) is 88.1 Å². The first-order chi connectivity index (χ1) is 16.4. The Morgan fingerprint density at radius 1 is 0.914 bits per heavy atom. The Labute approximate surface area is 203 Å². The SMILES string of the molecule is C[C@@H](O)[C@H](NC(=O)c1ccc(C#CC#Cc2ccc(N(C(=O)O)C(C)(C)C)cc2)cc1)C(=O)NO. The van der Waals surface area contributed by atoms with E-state index in [0.29, 0.717) is 16.8 Å². The van der Waals surface area contributed by atoms with Crippen molar-refractivity contribution in [1.82, 2.24) is 10.8 Å². The molecule has 0 aliphatic heterocycles. The van der Waals surface area contributed by atoms with E-state index in [-0.39, 0.29) is 5.56 Å². The number of rotatable bonds is 5. The predicted molar refractivity (Wildman–Crippen MR) is 130 cm³/mol.